The molecule has 0 aromatic heterocycles. The Hall–Kier alpha value is -13.9. The van der Waals surface area contributed by atoms with Gasteiger partial charge in [0.15, 0.2) is 0 Å². The minimum atomic E-state index is -0.172. The van der Waals surface area contributed by atoms with Gasteiger partial charge in [-0.1, -0.05) is 270 Å². The van der Waals surface area contributed by atoms with Gasteiger partial charge in [-0.25, -0.2) is 0 Å². The predicted molar refractivity (Wildman–Crippen MR) is 575 cm³/mol. The summed E-state index contributed by atoms with van der Waals surface area (Å²) in [6.45, 7) is 43.7. The van der Waals surface area contributed by atoms with E-state index in [1.165, 1.54) is 117 Å². The summed E-state index contributed by atoms with van der Waals surface area (Å²) in [5.41, 5.74) is 47.2. The van der Waals surface area contributed by atoms with Crippen LogP contribution < -0.4 is 88.0 Å². The van der Waals surface area contributed by atoms with E-state index in [-0.39, 0.29) is 52.6 Å². The second-order valence-corrected chi connectivity index (χ2v) is 44.3. The fourth-order valence-electron chi connectivity index (χ4n) is 22.1. The number of ether oxygens (including phenoxy) is 2. The molecule has 11 heteroatoms. The van der Waals surface area contributed by atoms with Crippen molar-refractivity contribution in [3.05, 3.63) is 367 Å². The Morgan fingerprint density at radius 2 is 0.381 bits per heavy atom. The number of hydrogen-bond acceptors (Lipinski definition) is 8. The number of nitrogens with zero attached hydrogens (tertiary/aromatic N) is 6. The molecule has 6 aliphatic heterocycles. The van der Waals surface area contributed by atoms with Crippen molar-refractivity contribution in [2.75, 3.05) is 43.6 Å². The summed E-state index contributed by atoms with van der Waals surface area (Å²) in [6.07, 6.45) is 0. The zero-order valence-corrected chi connectivity index (χ0v) is 81.4. The van der Waals surface area contributed by atoms with E-state index in [2.05, 4.69) is 489 Å². The highest BCUT2D eigenvalue weighted by molar-refractivity contribution is 7.02. The lowest BCUT2D eigenvalue weighted by Gasteiger charge is -2.44. The van der Waals surface area contributed by atoms with Crippen LogP contribution in [0.3, 0.4) is 0 Å². The maximum atomic E-state index is 5.93. The Balaban J connectivity index is 0.804. The van der Waals surface area contributed by atoms with Crippen molar-refractivity contribution >= 4 is 172 Å². The largest absolute Gasteiger partial charge is 0.497 e. The quantitative estimate of drug-likeness (QED) is 0.119. The average molecular weight is 1740 g/mol. The van der Waals surface area contributed by atoms with Crippen molar-refractivity contribution in [3.8, 4) is 44.9 Å². The first-order chi connectivity index (χ1) is 64.0. The molecule has 16 aromatic carbocycles. The number of anilines is 18. The lowest BCUT2D eigenvalue weighted by molar-refractivity contribution is 0.414. The average Bonchev–Trinajstić information content (AvgIpc) is 0.704. The Morgan fingerprint density at radius 1 is 0.187 bits per heavy atom. The predicted octanol–water partition coefficient (Wildman–Crippen LogP) is 27.0. The highest BCUT2D eigenvalue weighted by Gasteiger charge is 2.49. The zero-order chi connectivity index (χ0) is 93.0. The third-order valence-electron chi connectivity index (χ3n) is 29.4. The van der Waals surface area contributed by atoms with Crippen molar-refractivity contribution in [1.82, 2.24) is 0 Å². The van der Waals surface area contributed by atoms with Crippen molar-refractivity contribution in [1.29, 1.82) is 0 Å². The minimum Gasteiger partial charge on any atom is -0.497 e. The molecule has 0 radical (unpaired) electrons. The summed E-state index contributed by atoms with van der Waals surface area (Å²) in [6, 6.07) is 127. The van der Waals surface area contributed by atoms with E-state index < -0.39 is 0 Å². The van der Waals surface area contributed by atoms with Crippen molar-refractivity contribution in [3.63, 3.8) is 0 Å². The van der Waals surface area contributed by atoms with E-state index in [0.29, 0.717) is 0 Å². The maximum absolute atomic E-state index is 5.93. The van der Waals surface area contributed by atoms with E-state index in [0.717, 1.165) is 119 Å². The Bertz CT molecular complexity index is 7100. The number of hydrogen-bond donors (Lipinski definition) is 0. The summed E-state index contributed by atoms with van der Waals surface area (Å²) in [7, 11) is 3.51. The smallest absolute Gasteiger partial charge is 0.252 e. The van der Waals surface area contributed by atoms with Gasteiger partial charge in [-0.3, -0.25) is 0 Å². The first-order valence-electron chi connectivity index (χ1n) is 47.9. The first-order valence-corrected chi connectivity index (χ1v) is 47.9. The van der Waals surface area contributed by atoms with Gasteiger partial charge in [0.25, 0.3) is 20.1 Å². The van der Waals surface area contributed by atoms with Gasteiger partial charge in [0, 0.05) is 102 Å². The van der Waals surface area contributed by atoms with Crippen LogP contribution in [-0.4, -0.2) is 34.4 Å². The van der Waals surface area contributed by atoms with Crippen molar-refractivity contribution in [2.24, 2.45) is 0 Å². The van der Waals surface area contributed by atoms with Gasteiger partial charge in [0.05, 0.1) is 14.2 Å². The molecule has 0 bridgehead atoms. The van der Waals surface area contributed by atoms with Crippen LogP contribution >= 0.6 is 0 Å². The summed E-state index contributed by atoms with van der Waals surface area (Å²) in [5, 5.41) is 0. The van der Waals surface area contributed by atoms with E-state index in [4.69, 9.17) is 9.47 Å². The molecule has 0 saturated heterocycles. The lowest BCUT2D eigenvalue weighted by Crippen LogP contribution is -2.61. The molecular formula is C123H117B3N6O2. The molecule has 8 nitrogen and oxygen atoms in total. The van der Waals surface area contributed by atoms with Gasteiger partial charge in [-0.2, -0.15) is 0 Å². The number of rotatable bonds is 11. The molecule has 134 heavy (non-hydrogen) atoms. The second-order valence-electron chi connectivity index (χ2n) is 44.3. The molecule has 0 aliphatic carbocycles. The standard InChI is InChI=1S/C123H117B3N6O2/c1-76-31-45-89(46-32-76)127-103-61-33-77(70-97(103)124-100-73-86(121(11,12)13)42-64-106(100)128(110-26-22-25-109(127)115(110)124)90-47-36-83(37-48-90)118(2,3)4)80-67-81(78-34-62-104-98(71-78)125-101-74-87(122(14,15)16)43-65-107(101)129(91-49-38-84(39-50-91)119(5,6)7)111-27-23-29-113(116(111)125)131(104)93-53-57-95(133-20)58-54-93)69-82(68-80)79-35-63-105-99(72-79)126-102-75-88(123(17,18)19)44-66-108(102)130(92-51-40-85(41-52-92)120(8,9)10)112-28-24-30-114(117(112)126)132(105)94-55-59-96(134-21)60-56-94/h22-75H,1-21H3. The van der Waals surface area contributed by atoms with Crippen LogP contribution in [0, 0.1) is 6.92 Å². The summed E-state index contributed by atoms with van der Waals surface area (Å²) >= 11 is 0. The van der Waals surface area contributed by atoms with Crippen LogP contribution in [0.15, 0.2) is 328 Å². The fraction of sp³-hybridized carbons (Fsp3) is 0.220. The SMILES string of the molecule is COc1ccc(N2c3ccc(-c4cc(-c5ccc6c(c5)B5c7cc(C(C)(C)C)ccc7N(c7ccc(C(C)(C)C)cc7)c7cccc(c75)N6c5ccc(C)cc5)cc(-c5ccc6c(c5)B5c7cc(C(C)(C)C)ccc7N(c7ccc(C(C)(C)C)cc7)c7cccc(c75)N6c5ccc(OC)cc5)c4)cc3B3c4cc(C(C)(C)C)ccc4N(c4ccc(C(C)(C)C)cc4)c4cccc2c43)cc1. The van der Waals surface area contributed by atoms with Crippen LogP contribution in [0.25, 0.3) is 33.4 Å². The molecule has 22 rings (SSSR count). The van der Waals surface area contributed by atoms with Crippen LogP contribution in [0.4, 0.5) is 102 Å². The normalized spacial score (nSPS) is 14.0. The third-order valence-corrected chi connectivity index (χ3v) is 29.4. The molecule has 0 spiro atoms. The summed E-state index contributed by atoms with van der Waals surface area (Å²) < 4.78 is 11.9. The molecular weight excluding hydrogens is 1630 g/mol. The van der Waals surface area contributed by atoms with E-state index in [1.807, 2.05) is 0 Å². The van der Waals surface area contributed by atoms with Crippen molar-refractivity contribution < 1.29 is 9.47 Å². The number of aryl methyl sites for hydroxylation is 1. The first kappa shape index (κ1) is 85.6. The van der Waals surface area contributed by atoms with Gasteiger partial charge in [-0.15, -0.1) is 0 Å². The fourth-order valence-corrected chi connectivity index (χ4v) is 22.1. The molecule has 6 aliphatic rings. The van der Waals surface area contributed by atoms with Gasteiger partial charge >= 0.3 is 0 Å². The maximum Gasteiger partial charge on any atom is 0.252 e. The Kier molecular flexibility index (Phi) is 19.9. The monoisotopic (exact) mass is 1740 g/mol. The van der Waals surface area contributed by atoms with Gasteiger partial charge < -0.3 is 38.9 Å². The van der Waals surface area contributed by atoms with Crippen LogP contribution in [0.2, 0.25) is 0 Å². The lowest BCUT2D eigenvalue weighted by atomic mass is 9.33. The molecule has 0 unspecified atom stereocenters. The second kappa shape index (κ2) is 31.1. The van der Waals surface area contributed by atoms with Crippen LogP contribution in [0.1, 0.15) is 164 Å². The molecule has 660 valence electrons. The zero-order valence-electron chi connectivity index (χ0n) is 81.4. The third kappa shape index (κ3) is 14.2. The number of fused-ring (bicyclic) bond motifs is 12. The molecule has 6 heterocycles. The van der Waals surface area contributed by atoms with E-state index in [1.54, 1.807) is 14.2 Å². The molecule has 0 amide bonds. The van der Waals surface area contributed by atoms with E-state index >= 15 is 0 Å². The van der Waals surface area contributed by atoms with E-state index in [9.17, 15) is 0 Å². The minimum absolute atomic E-state index is 0.0195. The Morgan fingerprint density at radius 3 is 0.597 bits per heavy atom. The van der Waals surface area contributed by atoms with Crippen LogP contribution in [-0.2, 0) is 32.5 Å². The van der Waals surface area contributed by atoms with Crippen LogP contribution in [0.5, 0.6) is 11.5 Å². The van der Waals surface area contributed by atoms with Gasteiger partial charge in [0.1, 0.15) is 11.5 Å². The highest BCUT2D eigenvalue weighted by Crippen LogP contribution is 2.52. The van der Waals surface area contributed by atoms with Gasteiger partial charge in [-0.05, 0) is 343 Å². The molecule has 0 fully saturated rings. The van der Waals surface area contributed by atoms with Gasteiger partial charge in [0.2, 0.25) is 0 Å². The number of benzene rings is 16. The molecule has 0 N–H and O–H groups in total. The Labute approximate surface area is 794 Å². The number of methoxy groups -OCH3 is 2. The topological polar surface area (TPSA) is 37.9 Å². The molecule has 16 aromatic rings. The highest BCUT2D eigenvalue weighted by atomic mass is 16.5. The summed E-state index contributed by atoms with van der Waals surface area (Å²) in [5.74, 6) is 1.62. The van der Waals surface area contributed by atoms with Crippen molar-refractivity contribution in [2.45, 2.75) is 164 Å². The molecule has 0 saturated carbocycles. The molecule has 0 atom stereocenters. The summed E-state index contributed by atoms with van der Waals surface area (Å²) in [4.78, 5) is 15.2.